The Bertz CT molecular complexity index is 424. The van der Waals surface area contributed by atoms with Crippen LogP contribution in [0.25, 0.3) is 0 Å². The maximum atomic E-state index is 13.1. The van der Waals surface area contributed by atoms with E-state index in [-0.39, 0.29) is 22.2 Å². The summed E-state index contributed by atoms with van der Waals surface area (Å²) >= 11 is 0. The Kier molecular flexibility index (Phi) is 4.31. The Morgan fingerprint density at radius 2 is 2.00 bits per heavy atom. The second kappa shape index (κ2) is 5.17. The van der Waals surface area contributed by atoms with E-state index < -0.39 is 10.8 Å². The number of phenols is 1. The molecule has 0 aliphatic carbocycles. The van der Waals surface area contributed by atoms with E-state index in [0.29, 0.717) is 11.3 Å². The van der Waals surface area contributed by atoms with Crippen LogP contribution in [0.2, 0.25) is 0 Å². The Balaban J connectivity index is 2.87. The maximum Gasteiger partial charge on any atom is 0.123 e. The summed E-state index contributed by atoms with van der Waals surface area (Å²) < 4.78 is 24.8. The molecule has 0 aliphatic heterocycles. The molecule has 17 heavy (non-hydrogen) atoms. The van der Waals surface area contributed by atoms with Crippen LogP contribution in [0.3, 0.4) is 0 Å². The fourth-order valence-electron chi connectivity index (χ4n) is 1.49. The monoisotopic (exact) mass is 258 g/mol. The average Bonchev–Trinajstić information content (AvgIpc) is 2.20. The van der Waals surface area contributed by atoms with Gasteiger partial charge in [-0.25, -0.2) is 4.39 Å². The number of hydrogen-bond acceptors (Lipinski definition) is 2. The molecule has 1 aromatic rings. The summed E-state index contributed by atoms with van der Waals surface area (Å²) in [5, 5.41) is 9.66. The molecule has 1 aromatic carbocycles. The third kappa shape index (κ3) is 3.80. The molecule has 0 spiro atoms. The van der Waals surface area contributed by atoms with E-state index in [4.69, 9.17) is 0 Å². The second-order valence-corrected chi connectivity index (χ2v) is 7.48. The summed E-state index contributed by atoms with van der Waals surface area (Å²) in [4.78, 5) is 0. The Morgan fingerprint density at radius 1 is 1.41 bits per heavy atom. The fourth-order valence-corrected chi connectivity index (χ4v) is 2.62. The minimum atomic E-state index is -1.02. The maximum absolute atomic E-state index is 13.1. The van der Waals surface area contributed by atoms with Crippen molar-refractivity contribution < 1.29 is 13.7 Å². The largest absolute Gasteiger partial charge is 0.508 e. The van der Waals surface area contributed by atoms with Crippen LogP contribution in [0.15, 0.2) is 18.2 Å². The minimum Gasteiger partial charge on any atom is -0.508 e. The Hall–Kier alpha value is -0.900. The van der Waals surface area contributed by atoms with Gasteiger partial charge in [0.1, 0.15) is 11.6 Å². The van der Waals surface area contributed by atoms with Crippen LogP contribution in [0, 0.1) is 5.82 Å². The number of phenolic OH excluding ortho intramolecular Hbond substituents is 1. The van der Waals surface area contributed by atoms with E-state index in [0.717, 1.165) is 0 Å². The van der Waals surface area contributed by atoms with Gasteiger partial charge in [-0.05, 0) is 44.9 Å². The number of benzene rings is 1. The second-order valence-electron chi connectivity index (χ2n) is 5.23. The summed E-state index contributed by atoms with van der Waals surface area (Å²) in [6.45, 7) is 7.56. The highest BCUT2D eigenvalue weighted by Crippen LogP contribution is 2.28. The van der Waals surface area contributed by atoms with Crippen molar-refractivity contribution >= 4 is 10.8 Å². The number of aromatic hydroxyl groups is 1. The van der Waals surface area contributed by atoms with Crippen molar-refractivity contribution in [3.8, 4) is 5.75 Å². The van der Waals surface area contributed by atoms with E-state index in [2.05, 4.69) is 0 Å². The first-order valence-electron chi connectivity index (χ1n) is 5.58. The van der Waals surface area contributed by atoms with Crippen molar-refractivity contribution in [3.05, 3.63) is 29.6 Å². The van der Waals surface area contributed by atoms with Crippen molar-refractivity contribution in [2.45, 2.75) is 38.4 Å². The van der Waals surface area contributed by atoms with Crippen LogP contribution in [0.5, 0.6) is 5.75 Å². The zero-order valence-electron chi connectivity index (χ0n) is 10.7. The molecule has 0 saturated carbocycles. The molecule has 2 atom stereocenters. The molecular formula is C13H19FO2S. The third-order valence-electron chi connectivity index (χ3n) is 2.60. The number of hydrogen-bond donors (Lipinski definition) is 1. The summed E-state index contributed by atoms with van der Waals surface area (Å²) in [5.74, 6) is -0.0395. The average molecular weight is 258 g/mol. The molecule has 1 rings (SSSR count). The van der Waals surface area contributed by atoms with Crippen LogP contribution in [0.4, 0.5) is 4.39 Å². The molecule has 0 amide bonds. The molecule has 0 unspecified atom stereocenters. The smallest absolute Gasteiger partial charge is 0.123 e. The van der Waals surface area contributed by atoms with Gasteiger partial charge in [-0.1, -0.05) is 6.92 Å². The van der Waals surface area contributed by atoms with Gasteiger partial charge in [0.25, 0.3) is 0 Å². The molecule has 0 radical (unpaired) electrons. The van der Waals surface area contributed by atoms with Crippen LogP contribution < -0.4 is 0 Å². The number of rotatable bonds is 3. The van der Waals surface area contributed by atoms with Gasteiger partial charge >= 0.3 is 0 Å². The van der Waals surface area contributed by atoms with Crippen LogP contribution in [0.1, 0.15) is 39.2 Å². The van der Waals surface area contributed by atoms with Crippen LogP contribution in [-0.4, -0.2) is 19.8 Å². The summed E-state index contributed by atoms with van der Waals surface area (Å²) in [5.41, 5.74) is 0.516. The molecule has 0 fully saturated rings. The van der Waals surface area contributed by atoms with Crippen molar-refractivity contribution in [2.24, 2.45) is 0 Å². The van der Waals surface area contributed by atoms with E-state index in [9.17, 15) is 13.7 Å². The SMILES string of the molecule is C[C@H](C[S@](=O)C(C)(C)C)c1cc(F)ccc1O. The molecule has 0 aromatic heterocycles. The zero-order valence-corrected chi connectivity index (χ0v) is 11.5. The topological polar surface area (TPSA) is 37.3 Å². The Labute approximate surface area is 104 Å². The van der Waals surface area contributed by atoms with Gasteiger partial charge in [-0.15, -0.1) is 0 Å². The highest BCUT2D eigenvalue weighted by Gasteiger charge is 2.23. The van der Waals surface area contributed by atoms with Gasteiger partial charge in [0.15, 0.2) is 0 Å². The third-order valence-corrected chi connectivity index (χ3v) is 4.77. The van der Waals surface area contributed by atoms with Crippen molar-refractivity contribution in [2.75, 3.05) is 5.75 Å². The van der Waals surface area contributed by atoms with Crippen molar-refractivity contribution in [1.29, 1.82) is 0 Å². The first-order chi connectivity index (χ1) is 7.71. The predicted octanol–water partition coefficient (Wildman–Crippen LogP) is 3.18. The first-order valence-corrected chi connectivity index (χ1v) is 6.90. The van der Waals surface area contributed by atoms with Gasteiger partial charge in [0, 0.05) is 26.9 Å². The zero-order chi connectivity index (χ0) is 13.2. The van der Waals surface area contributed by atoms with Gasteiger partial charge in [-0.2, -0.15) is 0 Å². The normalized spacial score (nSPS) is 15.6. The number of halogens is 1. The highest BCUT2D eigenvalue weighted by atomic mass is 32.2. The molecule has 0 bridgehead atoms. The standard InChI is InChI=1S/C13H19FO2S/c1-9(8-17(16)13(2,3)4)11-7-10(14)5-6-12(11)15/h5-7,9,15H,8H2,1-4H3/t9-,17+/m1/s1. The summed E-state index contributed by atoms with van der Waals surface area (Å²) in [6.07, 6.45) is 0. The van der Waals surface area contributed by atoms with Crippen molar-refractivity contribution in [3.63, 3.8) is 0 Å². The van der Waals surface area contributed by atoms with E-state index in [1.165, 1.54) is 18.2 Å². The first kappa shape index (κ1) is 14.2. The van der Waals surface area contributed by atoms with Gasteiger partial charge in [-0.3, -0.25) is 4.21 Å². The molecule has 2 nitrogen and oxygen atoms in total. The molecule has 96 valence electrons. The van der Waals surface area contributed by atoms with Crippen molar-refractivity contribution in [1.82, 2.24) is 0 Å². The summed E-state index contributed by atoms with van der Waals surface area (Å²) in [6, 6.07) is 3.85. The lowest BCUT2D eigenvalue weighted by Crippen LogP contribution is -2.26. The quantitative estimate of drug-likeness (QED) is 0.904. The van der Waals surface area contributed by atoms with Gasteiger partial charge in [0.2, 0.25) is 0 Å². The van der Waals surface area contributed by atoms with Gasteiger partial charge in [0.05, 0.1) is 0 Å². The lowest BCUT2D eigenvalue weighted by atomic mass is 10.0. The molecule has 0 heterocycles. The lowest BCUT2D eigenvalue weighted by molar-refractivity contribution is 0.462. The lowest BCUT2D eigenvalue weighted by Gasteiger charge is -2.21. The fraction of sp³-hybridized carbons (Fsp3) is 0.538. The van der Waals surface area contributed by atoms with E-state index in [1.807, 2.05) is 27.7 Å². The summed E-state index contributed by atoms with van der Waals surface area (Å²) in [7, 11) is -1.02. The van der Waals surface area contributed by atoms with E-state index in [1.54, 1.807) is 0 Å². The molecule has 0 saturated heterocycles. The molecular weight excluding hydrogens is 239 g/mol. The molecule has 1 N–H and O–H groups in total. The van der Waals surface area contributed by atoms with Crippen LogP contribution >= 0.6 is 0 Å². The molecule has 4 heteroatoms. The highest BCUT2D eigenvalue weighted by molar-refractivity contribution is 7.86. The van der Waals surface area contributed by atoms with Gasteiger partial charge < -0.3 is 5.11 Å². The Morgan fingerprint density at radius 3 is 2.53 bits per heavy atom. The van der Waals surface area contributed by atoms with Crippen LogP contribution in [-0.2, 0) is 10.8 Å². The van der Waals surface area contributed by atoms with E-state index >= 15 is 0 Å². The predicted molar refractivity (Wildman–Crippen MR) is 69.2 cm³/mol. The molecule has 0 aliphatic rings. The minimum absolute atomic E-state index is 0.0600.